The van der Waals surface area contributed by atoms with Crippen molar-refractivity contribution in [3.05, 3.63) is 51.0 Å². The Morgan fingerprint density at radius 3 is 2.70 bits per heavy atom. The van der Waals surface area contributed by atoms with Crippen LogP contribution in [0, 0.1) is 6.92 Å². The van der Waals surface area contributed by atoms with Crippen LogP contribution in [-0.4, -0.2) is 19.5 Å². The van der Waals surface area contributed by atoms with E-state index in [0.29, 0.717) is 28.6 Å². The molecular formula is C13H12ClN5O. The first-order valence-corrected chi connectivity index (χ1v) is 6.39. The maximum Gasteiger partial charge on any atom is 0.280 e. The van der Waals surface area contributed by atoms with Crippen molar-refractivity contribution in [2.45, 2.75) is 13.5 Å². The van der Waals surface area contributed by atoms with Crippen LogP contribution in [0.5, 0.6) is 0 Å². The van der Waals surface area contributed by atoms with Gasteiger partial charge in [0.15, 0.2) is 11.2 Å². The number of halogens is 1. The molecule has 0 saturated heterocycles. The van der Waals surface area contributed by atoms with Crippen LogP contribution in [-0.2, 0) is 6.54 Å². The van der Waals surface area contributed by atoms with E-state index in [-0.39, 0.29) is 11.5 Å². The number of nitrogens with one attached hydrogen (secondary N) is 1. The standard InChI is InChI=1S/C13H12ClN5O/c1-7-16-10-11(17-13(15)18-12(10)20)19(7)6-8-2-4-9(14)5-3-8/h2-5H,6H2,1H3,(H3,15,17,18,20). The van der Waals surface area contributed by atoms with Crippen molar-refractivity contribution in [2.75, 3.05) is 5.73 Å². The smallest absolute Gasteiger partial charge is 0.280 e. The number of anilines is 1. The van der Waals surface area contributed by atoms with Crippen LogP contribution in [0.3, 0.4) is 0 Å². The Kier molecular flexibility index (Phi) is 2.94. The van der Waals surface area contributed by atoms with Gasteiger partial charge in [-0.1, -0.05) is 23.7 Å². The molecule has 3 rings (SSSR count). The van der Waals surface area contributed by atoms with E-state index in [4.69, 9.17) is 17.3 Å². The molecule has 2 heterocycles. The number of nitrogens with zero attached hydrogens (tertiary/aromatic N) is 3. The minimum atomic E-state index is -0.328. The summed E-state index contributed by atoms with van der Waals surface area (Å²) in [6.07, 6.45) is 0. The second kappa shape index (κ2) is 4.64. The topological polar surface area (TPSA) is 89.6 Å². The van der Waals surface area contributed by atoms with Crippen molar-refractivity contribution >= 4 is 28.7 Å². The summed E-state index contributed by atoms with van der Waals surface area (Å²) in [5.74, 6) is 0.790. The Hall–Kier alpha value is -2.34. The average molecular weight is 290 g/mol. The fourth-order valence-corrected chi connectivity index (χ4v) is 2.22. The van der Waals surface area contributed by atoms with E-state index in [0.717, 1.165) is 5.56 Å². The molecule has 0 atom stereocenters. The van der Waals surface area contributed by atoms with Gasteiger partial charge in [0.25, 0.3) is 5.56 Å². The SMILES string of the molecule is Cc1nc2c(=O)[nH]c(N)nc2n1Cc1ccc(Cl)cc1. The molecule has 0 amide bonds. The molecule has 0 aliphatic carbocycles. The fraction of sp³-hybridized carbons (Fsp3) is 0.154. The maximum absolute atomic E-state index is 11.8. The minimum Gasteiger partial charge on any atom is -0.369 e. The molecule has 0 aliphatic heterocycles. The molecule has 20 heavy (non-hydrogen) atoms. The molecular weight excluding hydrogens is 278 g/mol. The van der Waals surface area contributed by atoms with E-state index < -0.39 is 0 Å². The molecule has 0 fully saturated rings. The van der Waals surface area contributed by atoms with E-state index in [1.54, 1.807) is 0 Å². The van der Waals surface area contributed by atoms with E-state index in [1.165, 1.54) is 0 Å². The Labute approximate surface area is 119 Å². The summed E-state index contributed by atoms with van der Waals surface area (Å²) in [4.78, 5) is 22.6. The third-order valence-electron chi connectivity index (χ3n) is 3.07. The highest BCUT2D eigenvalue weighted by atomic mass is 35.5. The number of nitrogens with two attached hydrogens (primary N) is 1. The van der Waals surface area contributed by atoms with Gasteiger partial charge in [0.05, 0.1) is 6.54 Å². The Balaban J connectivity index is 2.13. The van der Waals surface area contributed by atoms with Crippen LogP contribution in [0.4, 0.5) is 5.95 Å². The molecule has 3 N–H and O–H groups in total. The molecule has 2 aromatic heterocycles. The van der Waals surface area contributed by atoms with Gasteiger partial charge in [0.2, 0.25) is 5.95 Å². The predicted molar refractivity (Wildman–Crippen MR) is 77.9 cm³/mol. The third-order valence-corrected chi connectivity index (χ3v) is 3.32. The number of imidazole rings is 1. The molecule has 0 unspecified atom stereocenters. The molecule has 6 nitrogen and oxygen atoms in total. The quantitative estimate of drug-likeness (QED) is 0.751. The lowest BCUT2D eigenvalue weighted by Crippen LogP contribution is -2.12. The van der Waals surface area contributed by atoms with Gasteiger partial charge in [-0.05, 0) is 24.6 Å². The van der Waals surface area contributed by atoms with Crippen LogP contribution >= 0.6 is 11.6 Å². The van der Waals surface area contributed by atoms with Crippen molar-refractivity contribution in [3.8, 4) is 0 Å². The molecule has 0 spiro atoms. The summed E-state index contributed by atoms with van der Waals surface area (Å²) in [6, 6.07) is 7.48. The molecule has 102 valence electrons. The zero-order valence-electron chi connectivity index (χ0n) is 10.7. The highest BCUT2D eigenvalue weighted by Gasteiger charge is 2.13. The lowest BCUT2D eigenvalue weighted by atomic mass is 10.2. The lowest BCUT2D eigenvalue weighted by Gasteiger charge is -2.06. The number of H-pyrrole nitrogens is 1. The number of fused-ring (bicyclic) bond motifs is 1. The summed E-state index contributed by atoms with van der Waals surface area (Å²) in [7, 11) is 0. The van der Waals surface area contributed by atoms with Gasteiger partial charge in [0, 0.05) is 5.02 Å². The van der Waals surface area contributed by atoms with Gasteiger partial charge in [-0.3, -0.25) is 9.78 Å². The largest absolute Gasteiger partial charge is 0.369 e. The zero-order valence-corrected chi connectivity index (χ0v) is 11.5. The molecule has 0 bridgehead atoms. The summed E-state index contributed by atoms with van der Waals surface area (Å²) < 4.78 is 1.85. The first-order valence-electron chi connectivity index (χ1n) is 6.01. The minimum absolute atomic E-state index is 0.0831. The summed E-state index contributed by atoms with van der Waals surface area (Å²) in [6.45, 7) is 2.38. The van der Waals surface area contributed by atoms with Gasteiger partial charge in [-0.15, -0.1) is 0 Å². The number of rotatable bonds is 2. The molecule has 0 saturated carbocycles. The maximum atomic E-state index is 11.8. The van der Waals surface area contributed by atoms with Crippen molar-refractivity contribution in [2.24, 2.45) is 0 Å². The monoisotopic (exact) mass is 289 g/mol. The van der Waals surface area contributed by atoms with E-state index >= 15 is 0 Å². The van der Waals surface area contributed by atoms with Gasteiger partial charge in [0.1, 0.15) is 5.82 Å². The number of nitrogen functional groups attached to an aromatic ring is 1. The van der Waals surface area contributed by atoms with Crippen LogP contribution in [0.15, 0.2) is 29.1 Å². The first kappa shape index (κ1) is 12.7. The van der Waals surface area contributed by atoms with Gasteiger partial charge >= 0.3 is 0 Å². The van der Waals surface area contributed by atoms with Crippen molar-refractivity contribution in [1.82, 2.24) is 19.5 Å². The van der Waals surface area contributed by atoms with E-state index in [2.05, 4.69) is 15.0 Å². The van der Waals surface area contributed by atoms with Crippen molar-refractivity contribution in [1.29, 1.82) is 0 Å². The van der Waals surface area contributed by atoms with Gasteiger partial charge in [-0.25, -0.2) is 4.98 Å². The number of hydrogen-bond acceptors (Lipinski definition) is 4. The third kappa shape index (κ3) is 2.14. The Morgan fingerprint density at radius 2 is 2.00 bits per heavy atom. The highest BCUT2D eigenvalue weighted by Crippen LogP contribution is 2.15. The van der Waals surface area contributed by atoms with E-state index in [1.807, 2.05) is 35.8 Å². The van der Waals surface area contributed by atoms with Gasteiger partial charge < -0.3 is 10.3 Å². The molecule has 7 heteroatoms. The van der Waals surface area contributed by atoms with Crippen LogP contribution < -0.4 is 11.3 Å². The summed E-state index contributed by atoms with van der Waals surface area (Å²) in [5.41, 5.74) is 7.08. The fourth-order valence-electron chi connectivity index (χ4n) is 2.10. The van der Waals surface area contributed by atoms with Crippen LogP contribution in [0.2, 0.25) is 5.02 Å². The molecule has 1 aromatic carbocycles. The molecule has 3 aromatic rings. The van der Waals surface area contributed by atoms with E-state index in [9.17, 15) is 4.79 Å². The average Bonchev–Trinajstić information content (AvgIpc) is 2.70. The first-order chi connectivity index (χ1) is 9.54. The second-order valence-electron chi connectivity index (χ2n) is 4.50. The molecule has 0 radical (unpaired) electrons. The zero-order chi connectivity index (χ0) is 14.3. The summed E-state index contributed by atoms with van der Waals surface area (Å²) in [5, 5.41) is 0.680. The van der Waals surface area contributed by atoms with Crippen molar-refractivity contribution < 1.29 is 0 Å². The van der Waals surface area contributed by atoms with Crippen LogP contribution in [0.1, 0.15) is 11.4 Å². The van der Waals surface area contributed by atoms with Gasteiger partial charge in [-0.2, -0.15) is 4.98 Å². The number of aromatic nitrogens is 4. The number of aromatic amines is 1. The lowest BCUT2D eigenvalue weighted by molar-refractivity contribution is 0.777. The predicted octanol–water partition coefficient (Wildman–Crippen LogP) is 1.71. The molecule has 0 aliphatic rings. The number of benzene rings is 1. The highest BCUT2D eigenvalue weighted by molar-refractivity contribution is 6.30. The number of hydrogen-bond donors (Lipinski definition) is 2. The Bertz CT molecular complexity index is 834. The number of aryl methyl sites for hydroxylation is 1. The summed E-state index contributed by atoms with van der Waals surface area (Å²) >= 11 is 5.87. The second-order valence-corrected chi connectivity index (χ2v) is 4.93. The normalized spacial score (nSPS) is 11.1. The Morgan fingerprint density at radius 1 is 1.30 bits per heavy atom. The van der Waals surface area contributed by atoms with Crippen LogP contribution in [0.25, 0.3) is 11.2 Å². The van der Waals surface area contributed by atoms with Crippen molar-refractivity contribution in [3.63, 3.8) is 0 Å².